The molecular formula is C38H38N4O4S. The van der Waals surface area contributed by atoms with Gasteiger partial charge in [-0.05, 0) is 65.2 Å². The second-order valence-corrected chi connectivity index (χ2v) is 13.5. The van der Waals surface area contributed by atoms with Crippen molar-refractivity contribution >= 4 is 27.7 Å². The maximum absolute atomic E-state index is 14.2. The third-order valence-corrected chi connectivity index (χ3v) is 10.4. The van der Waals surface area contributed by atoms with Gasteiger partial charge in [0.05, 0.1) is 48.0 Å². The van der Waals surface area contributed by atoms with Crippen molar-refractivity contribution in [2.45, 2.75) is 37.7 Å². The van der Waals surface area contributed by atoms with E-state index in [0.29, 0.717) is 40.5 Å². The molecule has 0 bridgehead atoms. The Morgan fingerprint density at radius 3 is 2.32 bits per heavy atom. The highest BCUT2D eigenvalue weighted by atomic mass is 32.2. The summed E-state index contributed by atoms with van der Waals surface area (Å²) in [6.45, 7) is 9.07. The van der Waals surface area contributed by atoms with Crippen molar-refractivity contribution in [3.8, 4) is 34.2 Å². The lowest BCUT2D eigenvalue weighted by atomic mass is 9.78. The van der Waals surface area contributed by atoms with Crippen LogP contribution in [0, 0.1) is 16.7 Å². The topological polar surface area (TPSA) is 89.6 Å². The van der Waals surface area contributed by atoms with Crippen LogP contribution in [0.15, 0.2) is 96.0 Å². The van der Waals surface area contributed by atoms with E-state index < -0.39 is 11.0 Å². The minimum Gasteiger partial charge on any atom is -0.489 e. The second-order valence-electron chi connectivity index (χ2n) is 12.1. The van der Waals surface area contributed by atoms with Crippen LogP contribution in [0.3, 0.4) is 0 Å². The van der Waals surface area contributed by atoms with Gasteiger partial charge in [-0.3, -0.25) is 0 Å². The minimum atomic E-state index is -1.54. The van der Waals surface area contributed by atoms with Crippen LogP contribution in [0.2, 0.25) is 0 Å². The first-order valence-corrected chi connectivity index (χ1v) is 17.4. The van der Waals surface area contributed by atoms with E-state index in [1.807, 2.05) is 72.4 Å². The molecule has 47 heavy (non-hydrogen) atoms. The summed E-state index contributed by atoms with van der Waals surface area (Å²) in [5, 5.41) is 10.9. The first kappa shape index (κ1) is 31.1. The van der Waals surface area contributed by atoms with Crippen molar-refractivity contribution in [2.75, 3.05) is 44.4 Å². The first-order valence-electron chi connectivity index (χ1n) is 16.3. The highest BCUT2D eigenvalue weighted by molar-refractivity contribution is 7.83. The van der Waals surface area contributed by atoms with E-state index in [9.17, 15) is 9.47 Å². The van der Waals surface area contributed by atoms with Crippen molar-refractivity contribution in [1.82, 2.24) is 8.96 Å². The minimum absolute atomic E-state index is 0.0368. The molecule has 3 aliphatic heterocycles. The van der Waals surface area contributed by atoms with Crippen LogP contribution in [0.5, 0.6) is 5.75 Å². The van der Waals surface area contributed by atoms with E-state index in [2.05, 4.69) is 41.3 Å². The summed E-state index contributed by atoms with van der Waals surface area (Å²) in [6, 6.07) is 30.0. The Bertz CT molecular complexity index is 1930. The van der Waals surface area contributed by atoms with Gasteiger partial charge in [0.25, 0.3) is 0 Å². The molecule has 5 aromatic rings. The van der Waals surface area contributed by atoms with Gasteiger partial charge in [-0.2, -0.15) is 5.26 Å². The molecule has 2 aromatic heterocycles. The lowest BCUT2D eigenvalue weighted by molar-refractivity contribution is -0.127. The Labute approximate surface area is 278 Å². The highest BCUT2D eigenvalue weighted by Gasteiger charge is 2.49. The van der Waals surface area contributed by atoms with E-state index in [1.165, 1.54) is 5.69 Å². The average Bonchev–Trinajstić information content (AvgIpc) is 3.49. The molecule has 3 saturated heterocycles. The van der Waals surface area contributed by atoms with Crippen molar-refractivity contribution in [1.29, 1.82) is 5.26 Å². The Balaban J connectivity index is 0.00000172. The number of nitriles is 1. The van der Waals surface area contributed by atoms with Gasteiger partial charge in [-0.15, -0.1) is 0 Å². The lowest BCUT2D eigenvalue weighted by Gasteiger charge is -2.56. The predicted octanol–water partition coefficient (Wildman–Crippen LogP) is 7.23. The molecule has 3 aromatic carbocycles. The summed E-state index contributed by atoms with van der Waals surface area (Å²) in [5.74, 6) is 0.583. The van der Waals surface area contributed by atoms with Crippen molar-refractivity contribution in [3.05, 3.63) is 96.7 Å². The molecule has 9 heteroatoms. The lowest BCUT2D eigenvalue weighted by Crippen LogP contribution is -2.66. The normalized spacial score (nSPS) is 17.6. The number of nitrogens with zero attached hydrogens (tertiary/aromatic N) is 4. The maximum atomic E-state index is 14.2. The number of hydrogen-bond donors (Lipinski definition) is 0. The van der Waals surface area contributed by atoms with Gasteiger partial charge in [0.1, 0.15) is 17.9 Å². The Kier molecular flexibility index (Phi) is 8.82. The predicted molar refractivity (Wildman–Crippen MR) is 185 cm³/mol. The number of ether oxygens (including phenoxy) is 3. The molecule has 1 atom stereocenters. The highest BCUT2D eigenvalue weighted by Crippen LogP contribution is 2.41. The molecule has 240 valence electrons. The van der Waals surface area contributed by atoms with Crippen LogP contribution in [0.1, 0.15) is 32.3 Å². The molecule has 8 rings (SSSR count). The third kappa shape index (κ3) is 5.93. The molecule has 3 fully saturated rings. The Morgan fingerprint density at radius 2 is 1.64 bits per heavy atom. The average molecular weight is 647 g/mol. The molecule has 0 N–H and O–H groups in total. The molecular weight excluding hydrogens is 609 g/mol. The quantitative estimate of drug-likeness (QED) is 0.184. The van der Waals surface area contributed by atoms with E-state index in [0.717, 1.165) is 66.9 Å². The van der Waals surface area contributed by atoms with Gasteiger partial charge in [0.15, 0.2) is 16.6 Å². The summed E-state index contributed by atoms with van der Waals surface area (Å²) in [6.07, 6.45) is 3.39. The van der Waals surface area contributed by atoms with Crippen LogP contribution < -0.4 is 9.64 Å². The number of pyridine rings is 1. The van der Waals surface area contributed by atoms with E-state index in [4.69, 9.17) is 19.2 Å². The van der Waals surface area contributed by atoms with Gasteiger partial charge in [-0.25, -0.2) is 13.2 Å². The fraction of sp³-hybridized carbons (Fsp3) is 0.316. The zero-order chi connectivity index (χ0) is 32.4. The fourth-order valence-electron chi connectivity index (χ4n) is 6.56. The third-order valence-electron chi connectivity index (χ3n) is 9.04. The van der Waals surface area contributed by atoms with E-state index in [-0.39, 0.29) is 6.10 Å². The molecule has 0 amide bonds. The van der Waals surface area contributed by atoms with Crippen LogP contribution >= 0.6 is 0 Å². The van der Waals surface area contributed by atoms with Crippen molar-refractivity contribution in [2.24, 2.45) is 5.41 Å². The maximum Gasteiger partial charge on any atom is 0.158 e. The van der Waals surface area contributed by atoms with Crippen LogP contribution in [0.4, 0.5) is 5.69 Å². The largest absolute Gasteiger partial charge is 0.489 e. The number of fused-ring (bicyclic) bond motifs is 1. The summed E-state index contributed by atoms with van der Waals surface area (Å²) >= 11 is 0. The molecule has 1 unspecified atom stereocenters. The molecule has 8 nitrogen and oxygen atoms in total. The summed E-state index contributed by atoms with van der Waals surface area (Å²) in [5.41, 5.74) is 6.14. The van der Waals surface area contributed by atoms with Gasteiger partial charge < -0.3 is 19.1 Å². The number of hydrogen-bond acceptors (Lipinski definition) is 7. The van der Waals surface area contributed by atoms with Crippen molar-refractivity contribution < 1.29 is 18.4 Å². The molecule has 5 heterocycles. The first-order chi connectivity index (χ1) is 23.1. The Hall–Kier alpha value is -4.49. The monoisotopic (exact) mass is 646 g/mol. The standard InChI is InChI=1S/C36H32N4O4S.C2H6/c37-20-27-18-26(8-11-34(27)44-29-13-16-42-17-14-29)31-12-15-38-35-32(31)19-33(40(35)45(41)30-4-2-1-3-5-30)25-6-9-28(10-7-25)39-21-36(22-39)23-43-24-36;1-2/h1-12,15,18-19,29H,13-14,16-17,21-24H2;1-2H3. The van der Waals surface area contributed by atoms with Gasteiger partial charge >= 0.3 is 0 Å². The number of rotatable bonds is 7. The smallest absolute Gasteiger partial charge is 0.158 e. The summed E-state index contributed by atoms with van der Waals surface area (Å²) in [7, 11) is -1.54. The van der Waals surface area contributed by atoms with E-state index in [1.54, 1.807) is 6.20 Å². The van der Waals surface area contributed by atoms with E-state index >= 15 is 0 Å². The van der Waals surface area contributed by atoms with Gasteiger partial charge in [0.2, 0.25) is 0 Å². The number of aromatic nitrogens is 2. The van der Waals surface area contributed by atoms with Crippen molar-refractivity contribution in [3.63, 3.8) is 0 Å². The molecule has 3 aliphatic rings. The van der Waals surface area contributed by atoms with Crippen LogP contribution in [0.25, 0.3) is 33.4 Å². The molecule has 0 radical (unpaired) electrons. The molecule has 0 aliphatic carbocycles. The van der Waals surface area contributed by atoms with Gasteiger partial charge in [0, 0.05) is 43.2 Å². The fourth-order valence-corrected chi connectivity index (χ4v) is 7.80. The van der Waals surface area contributed by atoms with Crippen LogP contribution in [-0.2, 0) is 20.5 Å². The second kappa shape index (κ2) is 13.3. The Morgan fingerprint density at radius 1 is 0.915 bits per heavy atom. The summed E-state index contributed by atoms with van der Waals surface area (Å²) < 4.78 is 33.1. The number of benzene rings is 3. The van der Waals surface area contributed by atoms with Crippen LogP contribution in [-0.4, -0.2) is 58.8 Å². The zero-order valence-corrected chi connectivity index (χ0v) is 27.5. The number of anilines is 1. The zero-order valence-electron chi connectivity index (χ0n) is 26.7. The summed E-state index contributed by atoms with van der Waals surface area (Å²) in [4.78, 5) is 7.82. The SMILES string of the molecule is CC.N#Cc1cc(-c2ccnc3c2cc(-c2ccc(N4CC5(COC5)C4)cc2)n3S(=O)c2ccccc2)ccc1OC1CCOCC1. The van der Waals surface area contributed by atoms with Gasteiger partial charge in [-0.1, -0.05) is 50.2 Å². The molecule has 1 spiro atoms. The molecule has 0 saturated carbocycles.